The number of nitrogens with one attached hydrogen (secondary N) is 1. The molecule has 0 aliphatic carbocycles. The van der Waals surface area contributed by atoms with E-state index in [1.165, 1.54) is 16.8 Å². The second-order valence-corrected chi connectivity index (χ2v) is 7.00. The quantitative estimate of drug-likeness (QED) is 0.701. The number of aliphatic hydroxyl groups excluding tert-OH is 1. The maximum Gasteiger partial charge on any atom is 0.351 e. The van der Waals surface area contributed by atoms with Crippen molar-refractivity contribution in [1.29, 1.82) is 0 Å². The van der Waals surface area contributed by atoms with Gasteiger partial charge in [0.05, 0.1) is 12.5 Å². The van der Waals surface area contributed by atoms with Crippen molar-refractivity contribution in [2.75, 3.05) is 11.9 Å². The molecule has 1 aliphatic rings. The van der Waals surface area contributed by atoms with Crippen LogP contribution in [0.1, 0.15) is 36.9 Å². The van der Waals surface area contributed by atoms with E-state index in [2.05, 4.69) is 10.3 Å². The maximum absolute atomic E-state index is 12.4. The fourth-order valence-corrected chi connectivity index (χ4v) is 2.92. The van der Waals surface area contributed by atoms with Crippen molar-refractivity contribution in [3.8, 4) is 0 Å². The Bertz CT molecular complexity index is 927. The first-order chi connectivity index (χ1) is 13.9. The zero-order valence-corrected chi connectivity index (χ0v) is 16.1. The van der Waals surface area contributed by atoms with Gasteiger partial charge in [-0.2, -0.15) is 4.98 Å². The van der Waals surface area contributed by atoms with Gasteiger partial charge in [0.2, 0.25) is 0 Å². The molecular formula is C20H23N3O6. The second kappa shape index (κ2) is 8.97. The monoisotopic (exact) mass is 401 g/mol. The Morgan fingerprint density at radius 3 is 2.66 bits per heavy atom. The van der Waals surface area contributed by atoms with Gasteiger partial charge in [-0.25, -0.2) is 4.79 Å². The summed E-state index contributed by atoms with van der Waals surface area (Å²) in [6, 6.07) is 10.0. The SMILES string of the molecule is CC(C)C(=O)O[C@H]1C[C@@H](n2ccc(NC(=O)c3ccccc3)nc2=O)O[C@@H]1CO. The predicted octanol–water partition coefficient (Wildman–Crippen LogP) is 1.34. The van der Waals surface area contributed by atoms with E-state index in [9.17, 15) is 19.5 Å². The van der Waals surface area contributed by atoms with Gasteiger partial charge < -0.3 is 19.9 Å². The van der Waals surface area contributed by atoms with E-state index in [4.69, 9.17) is 9.47 Å². The molecule has 1 aromatic heterocycles. The number of nitrogens with zero attached hydrogens (tertiary/aromatic N) is 2. The minimum absolute atomic E-state index is 0.111. The van der Waals surface area contributed by atoms with Crippen LogP contribution in [0.4, 0.5) is 5.82 Å². The third-order valence-corrected chi connectivity index (χ3v) is 4.52. The smallest absolute Gasteiger partial charge is 0.351 e. The van der Waals surface area contributed by atoms with Crippen molar-refractivity contribution in [3.05, 3.63) is 58.6 Å². The Kier molecular flexibility index (Phi) is 6.40. The number of ether oxygens (including phenoxy) is 2. The Morgan fingerprint density at radius 2 is 2.03 bits per heavy atom. The van der Waals surface area contributed by atoms with E-state index in [-0.39, 0.29) is 30.7 Å². The van der Waals surface area contributed by atoms with Crippen molar-refractivity contribution in [3.63, 3.8) is 0 Å². The molecule has 9 nitrogen and oxygen atoms in total. The lowest BCUT2D eigenvalue weighted by Crippen LogP contribution is -2.31. The molecule has 154 valence electrons. The molecule has 1 amide bonds. The molecule has 1 saturated heterocycles. The van der Waals surface area contributed by atoms with Crippen LogP contribution >= 0.6 is 0 Å². The van der Waals surface area contributed by atoms with E-state index in [0.717, 1.165) is 0 Å². The Morgan fingerprint density at radius 1 is 1.31 bits per heavy atom. The lowest BCUT2D eigenvalue weighted by Gasteiger charge is -2.17. The van der Waals surface area contributed by atoms with Gasteiger partial charge in [-0.1, -0.05) is 32.0 Å². The third-order valence-electron chi connectivity index (χ3n) is 4.52. The first kappa shape index (κ1) is 20.7. The summed E-state index contributed by atoms with van der Waals surface area (Å²) in [6.45, 7) is 3.07. The highest BCUT2D eigenvalue weighted by molar-refractivity contribution is 6.03. The minimum Gasteiger partial charge on any atom is -0.459 e. The van der Waals surface area contributed by atoms with Gasteiger partial charge in [0.1, 0.15) is 24.3 Å². The number of carbonyl (C=O) groups excluding carboxylic acids is 2. The number of aliphatic hydroxyl groups is 1. The number of anilines is 1. The van der Waals surface area contributed by atoms with Crippen LogP contribution in [0.5, 0.6) is 0 Å². The normalized spacial score (nSPS) is 21.2. The summed E-state index contributed by atoms with van der Waals surface area (Å²) in [5.74, 6) is -0.986. The molecule has 2 heterocycles. The van der Waals surface area contributed by atoms with Crippen LogP contribution in [0.25, 0.3) is 0 Å². The van der Waals surface area contributed by atoms with Crippen molar-refractivity contribution >= 4 is 17.7 Å². The molecule has 0 spiro atoms. The number of carbonyl (C=O) groups is 2. The van der Waals surface area contributed by atoms with Crippen molar-refractivity contribution in [2.24, 2.45) is 5.92 Å². The first-order valence-corrected chi connectivity index (χ1v) is 9.31. The van der Waals surface area contributed by atoms with E-state index < -0.39 is 30.1 Å². The zero-order valence-electron chi connectivity index (χ0n) is 16.1. The summed E-state index contributed by atoms with van der Waals surface area (Å²) in [5, 5.41) is 12.1. The van der Waals surface area contributed by atoms with Crippen LogP contribution in [0, 0.1) is 5.92 Å². The summed E-state index contributed by atoms with van der Waals surface area (Å²) < 4.78 is 12.3. The van der Waals surface area contributed by atoms with Crippen LogP contribution in [0.15, 0.2) is 47.4 Å². The number of benzene rings is 1. The topological polar surface area (TPSA) is 120 Å². The number of rotatable bonds is 6. The molecule has 1 aliphatic heterocycles. The van der Waals surface area contributed by atoms with Crippen molar-refractivity contribution in [2.45, 2.75) is 38.7 Å². The highest BCUT2D eigenvalue weighted by Gasteiger charge is 2.39. The first-order valence-electron chi connectivity index (χ1n) is 9.31. The molecule has 1 aromatic carbocycles. The number of amides is 1. The molecule has 0 saturated carbocycles. The van der Waals surface area contributed by atoms with E-state index >= 15 is 0 Å². The number of hydrogen-bond acceptors (Lipinski definition) is 7. The maximum atomic E-state index is 12.4. The molecule has 0 radical (unpaired) electrons. The average Bonchev–Trinajstić information content (AvgIpc) is 3.11. The molecule has 2 N–H and O–H groups in total. The standard InChI is InChI=1S/C20H23N3O6/c1-12(2)19(26)29-14-10-17(28-15(14)11-24)23-9-8-16(22-20(23)27)21-18(25)13-6-4-3-5-7-13/h3-9,12,14-15,17,24H,10-11H2,1-2H3,(H,21,22,25,27)/t14-,15+,17-/m0/s1. The highest BCUT2D eigenvalue weighted by atomic mass is 16.6. The van der Waals surface area contributed by atoms with Crippen LogP contribution in [0.2, 0.25) is 0 Å². The van der Waals surface area contributed by atoms with Crippen LogP contribution < -0.4 is 11.0 Å². The summed E-state index contributed by atoms with van der Waals surface area (Å²) >= 11 is 0. The Balaban J connectivity index is 1.71. The molecule has 29 heavy (non-hydrogen) atoms. The van der Waals surface area contributed by atoms with E-state index in [1.807, 2.05) is 0 Å². The molecule has 0 unspecified atom stereocenters. The highest BCUT2D eigenvalue weighted by Crippen LogP contribution is 2.30. The molecule has 1 fully saturated rings. The minimum atomic E-state index is -0.740. The molecule has 3 rings (SSSR count). The van der Waals surface area contributed by atoms with Gasteiger partial charge in [0, 0.05) is 18.2 Å². The largest absolute Gasteiger partial charge is 0.459 e. The fourth-order valence-electron chi connectivity index (χ4n) is 2.92. The summed E-state index contributed by atoms with van der Waals surface area (Å²) in [4.78, 5) is 40.3. The lowest BCUT2D eigenvalue weighted by atomic mass is 10.1. The van der Waals surface area contributed by atoms with Crippen molar-refractivity contribution < 1.29 is 24.2 Å². The van der Waals surface area contributed by atoms with Crippen LogP contribution in [-0.2, 0) is 14.3 Å². The van der Waals surface area contributed by atoms with E-state index in [0.29, 0.717) is 5.56 Å². The Hall–Kier alpha value is -3.04. The third kappa shape index (κ3) is 4.87. The average molecular weight is 401 g/mol. The van der Waals surface area contributed by atoms with Gasteiger partial charge in [-0.3, -0.25) is 14.2 Å². The van der Waals surface area contributed by atoms with Crippen LogP contribution in [0.3, 0.4) is 0 Å². The second-order valence-electron chi connectivity index (χ2n) is 7.00. The van der Waals surface area contributed by atoms with Gasteiger partial charge in [0.25, 0.3) is 5.91 Å². The predicted molar refractivity (Wildman–Crippen MR) is 103 cm³/mol. The summed E-state index contributed by atoms with van der Waals surface area (Å²) in [7, 11) is 0. The lowest BCUT2D eigenvalue weighted by molar-refractivity contribution is -0.156. The van der Waals surface area contributed by atoms with Gasteiger partial charge in [-0.05, 0) is 18.2 Å². The summed E-state index contributed by atoms with van der Waals surface area (Å²) in [6.07, 6.45) is -0.477. The van der Waals surface area contributed by atoms with Gasteiger partial charge in [-0.15, -0.1) is 0 Å². The van der Waals surface area contributed by atoms with Crippen molar-refractivity contribution in [1.82, 2.24) is 9.55 Å². The number of aromatic nitrogens is 2. The molecule has 2 aromatic rings. The molecule has 3 atom stereocenters. The van der Waals surface area contributed by atoms with E-state index in [1.54, 1.807) is 44.2 Å². The van der Waals surface area contributed by atoms with Crippen LogP contribution in [-0.4, -0.2) is 45.3 Å². The Labute approximate surface area is 167 Å². The van der Waals surface area contributed by atoms with Gasteiger partial charge >= 0.3 is 11.7 Å². The fraction of sp³-hybridized carbons (Fsp3) is 0.400. The molecular weight excluding hydrogens is 378 g/mol. The molecule has 0 bridgehead atoms. The zero-order chi connectivity index (χ0) is 21.0. The van der Waals surface area contributed by atoms with Gasteiger partial charge in [0.15, 0.2) is 0 Å². The number of esters is 1. The number of hydrogen-bond donors (Lipinski definition) is 2. The summed E-state index contributed by atoms with van der Waals surface area (Å²) in [5.41, 5.74) is -0.188. The molecule has 9 heteroatoms.